The molecule has 4 aliphatic carbocycles. The number of aromatic nitrogens is 3. The molecule has 4 fully saturated rings. The van der Waals surface area contributed by atoms with Crippen LogP contribution >= 0.6 is 0 Å². The molecule has 2 N–H and O–H groups in total. The van der Waals surface area contributed by atoms with Gasteiger partial charge >= 0.3 is 0 Å². The molecule has 4 bridgehead atoms. The van der Waals surface area contributed by atoms with E-state index >= 15 is 0 Å². The number of hydrogen-bond donors (Lipinski definition) is 1. The lowest BCUT2D eigenvalue weighted by atomic mass is 9.48. The fourth-order valence-corrected chi connectivity index (χ4v) is 5.54. The van der Waals surface area contributed by atoms with Gasteiger partial charge in [0.15, 0.2) is 0 Å². The van der Waals surface area contributed by atoms with Gasteiger partial charge < -0.3 is 5.73 Å². The van der Waals surface area contributed by atoms with Gasteiger partial charge in [-0.1, -0.05) is 0 Å². The van der Waals surface area contributed by atoms with E-state index in [-0.39, 0.29) is 6.04 Å². The molecular weight excluding hydrogens is 236 g/mol. The Hall–Kier alpha value is -1.03. The van der Waals surface area contributed by atoms with E-state index in [0.717, 1.165) is 30.0 Å². The van der Waals surface area contributed by atoms with E-state index < -0.39 is 0 Å². The second-order valence-electron chi connectivity index (χ2n) is 7.22. The Kier molecular flexibility index (Phi) is 2.62. The molecular formula is C15H22N4. The van der Waals surface area contributed by atoms with Crippen molar-refractivity contribution in [3.63, 3.8) is 0 Å². The van der Waals surface area contributed by atoms with Crippen LogP contribution in [0.1, 0.15) is 56.8 Å². The van der Waals surface area contributed by atoms with Gasteiger partial charge in [-0.2, -0.15) is 0 Å². The summed E-state index contributed by atoms with van der Waals surface area (Å²) >= 11 is 0. The average molecular weight is 258 g/mol. The van der Waals surface area contributed by atoms with E-state index in [9.17, 15) is 0 Å². The molecule has 19 heavy (non-hydrogen) atoms. The van der Waals surface area contributed by atoms with Gasteiger partial charge in [0, 0.05) is 0 Å². The Bertz CT molecular complexity index is 423. The summed E-state index contributed by atoms with van der Waals surface area (Å²) in [6, 6.07) is -0.0146. The highest BCUT2D eigenvalue weighted by molar-refractivity contribution is 5.04. The molecule has 1 heterocycles. The van der Waals surface area contributed by atoms with Crippen LogP contribution in [0.3, 0.4) is 0 Å². The van der Waals surface area contributed by atoms with Crippen LogP contribution in [0.5, 0.6) is 0 Å². The minimum absolute atomic E-state index is 0.0146. The van der Waals surface area contributed by atoms with Gasteiger partial charge in [-0.05, 0) is 68.1 Å². The molecule has 1 unspecified atom stereocenters. The van der Waals surface area contributed by atoms with Gasteiger partial charge in [-0.15, -0.1) is 0 Å². The van der Waals surface area contributed by atoms with Crippen molar-refractivity contribution in [2.45, 2.75) is 51.0 Å². The fourth-order valence-electron chi connectivity index (χ4n) is 5.54. The molecule has 4 nitrogen and oxygen atoms in total. The topological polar surface area (TPSA) is 64.7 Å². The first-order valence-electron chi connectivity index (χ1n) is 7.60. The maximum Gasteiger partial charge on any atom is 0.148 e. The number of hydrogen-bond acceptors (Lipinski definition) is 4. The summed E-state index contributed by atoms with van der Waals surface area (Å²) in [6.07, 6.45) is 12.8. The lowest BCUT2D eigenvalue weighted by molar-refractivity contribution is -0.0608. The van der Waals surface area contributed by atoms with Gasteiger partial charge in [0.05, 0.1) is 6.04 Å². The largest absolute Gasteiger partial charge is 0.321 e. The maximum absolute atomic E-state index is 6.36. The Balaban J connectivity index is 1.53. The van der Waals surface area contributed by atoms with Crippen molar-refractivity contribution in [3.8, 4) is 0 Å². The molecule has 0 aliphatic heterocycles. The summed E-state index contributed by atoms with van der Waals surface area (Å²) in [6.45, 7) is 0. The number of nitrogens with zero attached hydrogens (tertiary/aromatic N) is 3. The molecule has 1 aromatic heterocycles. The first kappa shape index (κ1) is 11.8. The molecule has 102 valence electrons. The van der Waals surface area contributed by atoms with Crippen LogP contribution in [0.4, 0.5) is 0 Å². The molecule has 0 radical (unpaired) electrons. The monoisotopic (exact) mass is 258 g/mol. The second-order valence-corrected chi connectivity index (χ2v) is 7.22. The van der Waals surface area contributed by atoms with Crippen LogP contribution in [0.15, 0.2) is 12.7 Å². The summed E-state index contributed by atoms with van der Waals surface area (Å²) in [5, 5.41) is 0. The summed E-state index contributed by atoms with van der Waals surface area (Å²) < 4.78 is 0. The molecule has 0 aromatic carbocycles. The third kappa shape index (κ3) is 2.06. The van der Waals surface area contributed by atoms with Crippen molar-refractivity contribution < 1.29 is 0 Å². The first-order valence-corrected chi connectivity index (χ1v) is 7.60. The molecule has 0 spiro atoms. The van der Waals surface area contributed by atoms with E-state index in [1.807, 2.05) is 0 Å². The van der Waals surface area contributed by atoms with Crippen molar-refractivity contribution in [1.29, 1.82) is 0 Å². The summed E-state index contributed by atoms with van der Waals surface area (Å²) in [5.74, 6) is 3.72. The fraction of sp³-hybridized carbons (Fsp3) is 0.800. The highest BCUT2D eigenvalue weighted by Crippen LogP contribution is 2.62. The highest BCUT2D eigenvalue weighted by atomic mass is 15.0. The standard InChI is InChI=1S/C15H22N4/c16-13(14-18-8-17-9-19-14)7-15-4-10-1-11(5-15)3-12(2-10)6-15/h8-13H,1-7,16H2. The van der Waals surface area contributed by atoms with Gasteiger partial charge in [-0.25, -0.2) is 15.0 Å². The molecule has 4 aliphatic rings. The zero-order valence-electron chi connectivity index (χ0n) is 11.3. The van der Waals surface area contributed by atoms with E-state index in [4.69, 9.17) is 5.73 Å². The lowest BCUT2D eigenvalue weighted by Crippen LogP contribution is -2.47. The average Bonchev–Trinajstić information content (AvgIpc) is 2.37. The zero-order chi connectivity index (χ0) is 12.9. The van der Waals surface area contributed by atoms with Crippen LogP contribution in [0, 0.1) is 23.2 Å². The van der Waals surface area contributed by atoms with Crippen LogP contribution in [0.25, 0.3) is 0 Å². The smallest absolute Gasteiger partial charge is 0.148 e. The molecule has 1 atom stereocenters. The SMILES string of the molecule is NC(CC12CC3CC(CC(C3)C1)C2)c1ncncn1. The minimum Gasteiger partial charge on any atom is -0.321 e. The van der Waals surface area contributed by atoms with Crippen molar-refractivity contribution in [1.82, 2.24) is 15.0 Å². The molecule has 4 saturated carbocycles. The Morgan fingerprint density at radius 3 is 2.11 bits per heavy atom. The van der Waals surface area contributed by atoms with Crippen molar-refractivity contribution in [2.24, 2.45) is 28.9 Å². The molecule has 0 amide bonds. The van der Waals surface area contributed by atoms with Gasteiger partial charge in [-0.3, -0.25) is 0 Å². The van der Waals surface area contributed by atoms with E-state index in [2.05, 4.69) is 15.0 Å². The third-order valence-corrected chi connectivity index (χ3v) is 5.66. The van der Waals surface area contributed by atoms with Gasteiger partial charge in [0.2, 0.25) is 0 Å². The predicted octanol–water partition coefficient (Wildman–Crippen LogP) is 2.48. The van der Waals surface area contributed by atoms with Crippen LogP contribution in [-0.2, 0) is 0 Å². The molecule has 4 heteroatoms. The Morgan fingerprint density at radius 2 is 1.58 bits per heavy atom. The second kappa shape index (κ2) is 4.23. The van der Waals surface area contributed by atoms with Crippen molar-refractivity contribution in [3.05, 3.63) is 18.5 Å². The minimum atomic E-state index is -0.0146. The van der Waals surface area contributed by atoms with E-state index in [0.29, 0.717) is 5.41 Å². The van der Waals surface area contributed by atoms with Gasteiger partial charge in [0.1, 0.15) is 18.5 Å². The van der Waals surface area contributed by atoms with Gasteiger partial charge in [0.25, 0.3) is 0 Å². The first-order chi connectivity index (χ1) is 9.22. The van der Waals surface area contributed by atoms with Crippen LogP contribution in [-0.4, -0.2) is 15.0 Å². The quantitative estimate of drug-likeness (QED) is 0.904. The normalized spacial score (nSPS) is 41.4. The molecule has 5 rings (SSSR count). The van der Waals surface area contributed by atoms with Crippen LogP contribution < -0.4 is 5.73 Å². The Morgan fingerprint density at radius 1 is 1.05 bits per heavy atom. The molecule has 0 saturated heterocycles. The third-order valence-electron chi connectivity index (χ3n) is 5.66. The van der Waals surface area contributed by atoms with Crippen molar-refractivity contribution in [2.75, 3.05) is 0 Å². The summed E-state index contributed by atoms with van der Waals surface area (Å²) in [5.41, 5.74) is 6.86. The lowest BCUT2D eigenvalue weighted by Gasteiger charge is -2.57. The number of rotatable bonds is 3. The Labute approximate surface area is 114 Å². The number of nitrogens with two attached hydrogens (primary N) is 1. The summed E-state index contributed by atoms with van der Waals surface area (Å²) in [7, 11) is 0. The zero-order valence-corrected chi connectivity index (χ0v) is 11.3. The van der Waals surface area contributed by atoms with E-state index in [1.165, 1.54) is 38.5 Å². The maximum atomic E-state index is 6.36. The van der Waals surface area contributed by atoms with Crippen LogP contribution in [0.2, 0.25) is 0 Å². The van der Waals surface area contributed by atoms with E-state index in [1.54, 1.807) is 12.7 Å². The molecule has 1 aromatic rings. The summed E-state index contributed by atoms with van der Waals surface area (Å²) in [4.78, 5) is 12.3. The highest BCUT2D eigenvalue weighted by Gasteiger charge is 2.51. The predicted molar refractivity (Wildman–Crippen MR) is 72.0 cm³/mol. The van der Waals surface area contributed by atoms with Crippen molar-refractivity contribution >= 4 is 0 Å².